The first kappa shape index (κ1) is 25.9. The second-order valence-electron chi connectivity index (χ2n) is 9.59. The maximum absolute atomic E-state index is 15.4. The summed E-state index contributed by atoms with van der Waals surface area (Å²) in [6.07, 6.45) is 4.04. The molecule has 3 atom stereocenters. The lowest BCUT2D eigenvalue weighted by Crippen LogP contribution is -2.42. The van der Waals surface area contributed by atoms with Crippen LogP contribution in [0.2, 0.25) is 0 Å². The van der Waals surface area contributed by atoms with Gasteiger partial charge in [-0.05, 0) is 105 Å². The maximum atomic E-state index is 15.4. The van der Waals surface area contributed by atoms with Crippen molar-refractivity contribution < 1.29 is 14.2 Å². The minimum absolute atomic E-state index is 0.172. The third-order valence-corrected chi connectivity index (χ3v) is 8.55. The quantitative estimate of drug-likeness (QED) is 0.244. The fourth-order valence-corrected chi connectivity index (χ4v) is 6.16. The molecule has 1 aliphatic rings. The first-order valence-corrected chi connectivity index (χ1v) is 13.7. The van der Waals surface area contributed by atoms with E-state index in [0.717, 1.165) is 55.6 Å². The highest BCUT2D eigenvalue weighted by molar-refractivity contribution is 7.99. The average molecular weight is 497 g/mol. The number of aliphatic hydroxyl groups excluding tert-OH is 1. The van der Waals surface area contributed by atoms with Gasteiger partial charge in [0, 0.05) is 29.6 Å². The van der Waals surface area contributed by atoms with E-state index in [-0.39, 0.29) is 12.5 Å². The number of aliphatic hydroxyl groups is 1. The van der Waals surface area contributed by atoms with E-state index in [1.807, 2.05) is 30.0 Å². The van der Waals surface area contributed by atoms with Crippen LogP contribution in [0.5, 0.6) is 5.75 Å². The normalized spacial score (nSPS) is 19.7. The van der Waals surface area contributed by atoms with Crippen molar-refractivity contribution >= 4 is 22.7 Å². The fourth-order valence-electron chi connectivity index (χ4n) is 5.20. The molecule has 2 heterocycles. The molecule has 0 saturated carbocycles. The summed E-state index contributed by atoms with van der Waals surface area (Å²) in [6.45, 7) is 5.32. The molecule has 1 aliphatic heterocycles. The van der Waals surface area contributed by atoms with E-state index < -0.39 is 6.17 Å². The molecular weight excluding hydrogens is 459 g/mol. The molecule has 2 aromatic carbocycles. The van der Waals surface area contributed by atoms with E-state index in [0.29, 0.717) is 23.7 Å². The Bertz CT molecular complexity index is 1100. The molecule has 0 spiro atoms. The lowest BCUT2D eigenvalue weighted by Gasteiger charge is -2.38. The predicted octanol–water partition coefficient (Wildman–Crippen LogP) is 6.46. The molecular formula is C29H37FN2O2S. The Morgan fingerprint density at radius 2 is 2.06 bits per heavy atom. The maximum Gasteiger partial charge on any atom is 0.126 e. The minimum atomic E-state index is -1.05. The number of piperidine rings is 1. The van der Waals surface area contributed by atoms with Crippen molar-refractivity contribution in [2.75, 3.05) is 39.1 Å². The Hall–Kier alpha value is -2.15. The van der Waals surface area contributed by atoms with Gasteiger partial charge in [0.1, 0.15) is 11.9 Å². The number of aromatic nitrogens is 1. The monoisotopic (exact) mass is 496 g/mol. The molecule has 1 fully saturated rings. The number of alkyl halides is 1. The van der Waals surface area contributed by atoms with Crippen molar-refractivity contribution in [2.24, 2.45) is 11.8 Å². The molecule has 0 amide bonds. The number of hydrogen-bond donors (Lipinski definition) is 1. The molecule has 0 aliphatic carbocycles. The number of benzene rings is 2. The van der Waals surface area contributed by atoms with Gasteiger partial charge in [0.2, 0.25) is 0 Å². The molecule has 3 aromatic rings. The van der Waals surface area contributed by atoms with Crippen LogP contribution in [0.15, 0.2) is 59.6 Å². The van der Waals surface area contributed by atoms with Crippen molar-refractivity contribution in [2.45, 2.75) is 43.7 Å². The van der Waals surface area contributed by atoms with Gasteiger partial charge in [-0.1, -0.05) is 18.2 Å². The first-order chi connectivity index (χ1) is 17.1. The topological polar surface area (TPSA) is 45.6 Å². The standard InChI is InChI=1S/C29H37FN2O2S/c1-21-6-3-4-7-29(21)35-17-5-15-32-16-13-22(23(19-32)20-33)8-10-27(30)25-12-14-31-28-11-9-24(34-2)18-26(25)28/h3-4,6-7,9,11-12,14,18,22-23,27,33H,5,8,10,13,15-17,19-20H2,1-2H3/t22-,23-,27-/m1/s1. The highest BCUT2D eigenvalue weighted by Crippen LogP contribution is 2.35. The second-order valence-corrected chi connectivity index (χ2v) is 10.7. The number of ether oxygens (including phenoxy) is 1. The van der Waals surface area contributed by atoms with Crippen LogP contribution in [0.3, 0.4) is 0 Å². The van der Waals surface area contributed by atoms with Crippen molar-refractivity contribution in [1.82, 2.24) is 9.88 Å². The molecule has 0 bridgehead atoms. The highest BCUT2D eigenvalue weighted by atomic mass is 32.2. The van der Waals surface area contributed by atoms with Gasteiger partial charge < -0.3 is 14.7 Å². The van der Waals surface area contributed by atoms with Gasteiger partial charge in [-0.2, -0.15) is 0 Å². The van der Waals surface area contributed by atoms with Crippen LogP contribution in [0.25, 0.3) is 10.9 Å². The zero-order chi connectivity index (χ0) is 24.6. The van der Waals surface area contributed by atoms with Crippen molar-refractivity contribution in [3.63, 3.8) is 0 Å². The van der Waals surface area contributed by atoms with Crippen LogP contribution in [0.4, 0.5) is 4.39 Å². The molecule has 35 heavy (non-hydrogen) atoms. The lowest BCUT2D eigenvalue weighted by atomic mass is 9.81. The van der Waals surface area contributed by atoms with Crippen LogP contribution >= 0.6 is 11.8 Å². The van der Waals surface area contributed by atoms with Gasteiger partial charge in [-0.15, -0.1) is 11.8 Å². The van der Waals surface area contributed by atoms with Crippen molar-refractivity contribution in [3.05, 3.63) is 65.9 Å². The van der Waals surface area contributed by atoms with E-state index in [4.69, 9.17) is 4.74 Å². The summed E-state index contributed by atoms with van der Waals surface area (Å²) in [7, 11) is 1.62. The SMILES string of the molecule is COc1ccc2nccc([C@H](F)CC[C@@H]3CCN(CCCSc4ccccc4C)C[C@@H]3CO)c2c1. The summed E-state index contributed by atoms with van der Waals surface area (Å²) in [5, 5.41) is 10.9. The van der Waals surface area contributed by atoms with Crippen LogP contribution in [0, 0.1) is 18.8 Å². The largest absolute Gasteiger partial charge is 0.497 e. The van der Waals surface area contributed by atoms with Crippen molar-refractivity contribution in [3.8, 4) is 5.75 Å². The number of halogens is 1. The number of fused-ring (bicyclic) bond motifs is 1. The zero-order valence-electron chi connectivity index (χ0n) is 20.8. The summed E-state index contributed by atoms with van der Waals surface area (Å²) in [5.74, 6) is 2.39. The molecule has 6 heteroatoms. The summed E-state index contributed by atoms with van der Waals surface area (Å²) in [5.41, 5.74) is 2.80. The van der Waals surface area contributed by atoms with Crippen molar-refractivity contribution in [1.29, 1.82) is 0 Å². The predicted molar refractivity (Wildman–Crippen MR) is 143 cm³/mol. The molecule has 1 N–H and O–H groups in total. The van der Waals surface area contributed by atoms with E-state index in [1.165, 1.54) is 10.5 Å². The van der Waals surface area contributed by atoms with Gasteiger partial charge >= 0.3 is 0 Å². The number of methoxy groups -OCH3 is 1. The molecule has 4 rings (SSSR count). The fraction of sp³-hybridized carbons (Fsp3) is 0.483. The first-order valence-electron chi connectivity index (χ1n) is 12.7. The molecule has 0 unspecified atom stereocenters. The number of likely N-dealkylation sites (tertiary alicyclic amines) is 1. The number of rotatable bonds is 11. The van der Waals surface area contributed by atoms with Crippen LogP contribution in [0.1, 0.15) is 43.0 Å². The number of pyridine rings is 1. The van der Waals surface area contributed by atoms with E-state index >= 15 is 4.39 Å². The zero-order valence-corrected chi connectivity index (χ0v) is 21.6. The lowest BCUT2D eigenvalue weighted by molar-refractivity contribution is 0.0640. The molecule has 1 saturated heterocycles. The molecule has 0 radical (unpaired) electrons. The average Bonchev–Trinajstić information content (AvgIpc) is 2.90. The molecule has 1 aromatic heterocycles. The summed E-state index contributed by atoms with van der Waals surface area (Å²) >= 11 is 1.92. The van der Waals surface area contributed by atoms with E-state index in [1.54, 1.807) is 19.4 Å². The van der Waals surface area contributed by atoms with Crippen LogP contribution < -0.4 is 4.74 Å². The van der Waals surface area contributed by atoms with Gasteiger partial charge in [-0.3, -0.25) is 4.98 Å². The third-order valence-electron chi connectivity index (χ3n) is 7.29. The Morgan fingerprint density at radius 3 is 2.86 bits per heavy atom. The summed E-state index contributed by atoms with van der Waals surface area (Å²) < 4.78 is 20.7. The Labute approximate surface area is 212 Å². The molecule has 4 nitrogen and oxygen atoms in total. The summed E-state index contributed by atoms with van der Waals surface area (Å²) in [4.78, 5) is 8.21. The Kier molecular flexibility index (Phi) is 9.41. The number of aryl methyl sites for hydroxylation is 1. The number of nitrogens with zero attached hydrogens (tertiary/aromatic N) is 2. The molecule has 188 valence electrons. The van der Waals surface area contributed by atoms with Gasteiger partial charge in [0.15, 0.2) is 0 Å². The smallest absolute Gasteiger partial charge is 0.126 e. The second kappa shape index (κ2) is 12.7. The Morgan fingerprint density at radius 1 is 1.20 bits per heavy atom. The number of thioether (sulfide) groups is 1. The van der Waals surface area contributed by atoms with E-state index in [9.17, 15) is 5.11 Å². The van der Waals surface area contributed by atoms with E-state index in [2.05, 4.69) is 41.1 Å². The number of hydrogen-bond acceptors (Lipinski definition) is 5. The Balaban J connectivity index is 1.26. The third kappa shape index (κ3) is 6.75. The van der Waals surface area contributed by atoms with Gasteiger partial charge in [0.25, 0.3) is 0 Å². The highest BCUT2D eigenvalue weighted by Gasteiger charge is 2.29. The van der Waals surface area contributed by atoms with Gasteiger partial charge in [-0.25, -0.2) is 4.39 Å². The summed E-state index contributed by atoms with van der Waals surface area (Å²) in [6, 6.07) is 15.9. The van der Waals surface area contributed by atoms with Crippen LogP contribution in [-0.2, 0) is 0 Å². The minimum Gasteiger partial charge on any atom is -0.497 e. The van der Waals surface area contributed by atoms with Gasteiger partial charge in [0.05, 0.1) is 12.6 Å². The van der Waals surface area contributed by atoms with Crippen LogP contribution in [-0.4, -0.2) is 54.1 Å².